The Bertz CT molecular complexity index is 606. The summed E-state index contributed by atoms with van der Waals surface area (Å²) in [4.78, 5) is 6.59. The summed E-state index contributed by atoms with van der Waals surface area (Å²) in [6, 6.07) is 9.87. The normalized spacial score (nSPS) is 14.5. The van der Waals surface area contributed by atoms with E-state index >= 15 is 0 Å². The van der Waals surface area contributed by atoms with E-state index in [1.54, 1.807) is 6.20 Å². The van der Waals surface area contributed by atoms with Crippen molar-refractivity contribution < 1.29 is 4.74 Å². The van der Waals surface area contributed by atoms with Gasteiger partial charge in [-0.3, -0.25) is 0 Å². The molecule has 0 amide bonds. The fraction of sp³-hybridized carbons (Fsp3) is 0.214. The van der Waals surface area contributed by atoms with Crippen LogP contribution in [0.4, 0.5) is 11.5 Å². The number of anilines is 2. The number of ether oxygens (including phenoxy) is 1. The minimum Gasteiger partial charge on any atom is -0.491 e. The van der Waals surface area contributed by atoms with Gasteiger partial charge < -0.3 is 9.64 Å². The maximum atomic E-state index is 5.95. The highest BCUT2D eigenvalue weighted by atomic mass is 79.9. The lowest BCUT2D eigenvalue weighted by atomic mass is 10.2. The largest absolute Gasteiger partial charge is 0.491 e. The SMILES string of the molecule is Clc1cnc(N2CCCOc3ccccc32)c(Br)c1. The van der Waals surface area contributed by atoms with Crippen LogP contribution in [0.5, 0.6) is 5.75 Å². The molecule has 5 heteroatoms. The lowest BCUT2D eigenvalue weighted by Gasteiger charge is -2.23. The molecule has 0 radical (unpaired) electrons. The Labute approximate surface area is 125 Å². The maximum absolute atomic E-state index is 5.95. The van der Waals surface area contributed by atoms with E-state index in [2.05, 4.69) is 25.8 Å². The van der Waals surface area contributed by atoms with Crippen LogP contribution in [0.25, 0.3) is 0 Å². The molecule has 0 fully saturated rings. The topological polar surface area (TPSA) is 25.4 Å². The molecule has 1 aromatic carbocycles. The third-order valence-corrected chi connectivity index (χ3v) is 3.77. The molecule has 19 heavy (non-hydrogen) atoms. The molecule has 98 valence electrons. The Morgan fingerprint density at radius 2 is 2.16 bits per heavy atom. The molecule has 3 rings (SSSR count). The van der Waals surface area contributed by atoms with Gasteiger partial charge >= 0.3 is 0 Å². The number of halogens is 2. The van der Waals surface area contributed by atoms with Gasteiger partial charge in [-0.1, -0.05) is 23.7 Å². The van der Waals surface area contributed by atoms with E-state index in [0.29, 0.717) is 5.02 Å². The molecule has 0 saturated heterocycles. The molecule has 0 unspecified atom stereocenters. The fourth-order valence-corrected chi connectivity index (χ4v) is 3.01. The molecule has 0 N–H and O–H groups in total. The maximum Gasteiger partial charge on any atom is 0.147 e. The van der Waals surface area contributed by atoms with E-state index in [4.69, 9.17) is 16.3 Å². The Kier molecular flexibility index (Phi) is 3.62. The Hall–Kier alpha value is -1.26. The molecule has 3 nitrogen and oxygen atoms in total. The second kappa shape index (κ2) is 5.39. The predicted octanol–water partition coefficient (Wildman–Crippen LogP) is 4.42. The summed E-state index contributed by atoms with van der Waals surface area (Å²) in [7, 11) is 0. The predicted molar refractivity (Wildman–Crippen MR) is 80.5 cm³/mol. The minimum atomic E-state index is 0.620. The van der Waals surface area contributed by atoms with Crippen LogP contribution in [0, 0.1) is 0 Å². The van der Waals surface area contributed by atoms with Crippen molar-refractivity contribution in [1.29, 1.82) is 0 Å². The molecule has 2 aromatic rings. The van der Waals surface area contributed by atoms with Crippen molar-refractivity contribution in [3.63, 3.8) is 0 Å². The summed E-state index contributed by atoms with van der Waals surface area (Å²) in [5, 5.41) is 0.620. The van der Waals surface area contributed by atoms with E-state index in [-0.39, 0.29) is 0 Å². The molecule has 2 heterocycles. The molecular weight excluding hydrogens is 328 g/mol. The number of fused-ring (bicyclic) bond motifs is 1. The fourth-order valence-electron chi connectivity index (χ4n) is 2.15. The van der Waals surface area contributed by atoms with E-state index in [1.165, 1.54) is 0 Å². The lowest BCUT2D eigenvalue weighted by Crippen LogP contribution is -2.19. The van der Waals surface area contributed by atoms with Gasteiger partial charge in [0.15, 0.2) is 0 Å². The van der Waals surface area contributed by atoms with Crippen molar-refractivity contribution in [1.82, 2.24) is 4.98 Å². The quantitative estimate of drug-likeness (QED) is 0.769. The van der Waals surface area contributed by atoms with Crippen LogP contribution in [0.15, 0.2) is 41.0 Å². The second-order valence-corrected chi connectivity index (χ2v) is 5.57. The summed E-state index contributed by atoms with van der Waals surface area (Å²) in [6.45, 7) is 1.59. The van der Waals surface area contributed by atoms with Gasteiger partial charge in [0.05, 0.1) is 21.8 Å². The molecule has 1 aromatic heterocycles. The van der Waals surface area contributed by atoms with E-state index in [1.807, 2.05) is 30.3 Å². The van der Waals surface area contributed by atoms with Gasteiger partial charge in [-0.15, -0.1) is 0 Å². The summed E-state index contributed by atoms with van der Waals surface area (Å²) >= 11 is 9.48. The zero-order valence-corrected chi connectivity index (χ0v) is 12.5. The zero-order chi connectivity index (χ0) is 13.2. The number of nitrogens with zero attached hydrogens (tertiary/aromatic N) is 2. The van der Waals surface area contributed by atoms with Gasteiger partial charge in [0, 0.05) is 12.7 Å². The Morgan fingerprint density at radius 3 is 3.00 bits per heavy atom. The smallest absolute Gasteiger partial charge is 0.147 e. The first-order chi connectivity index (χ1) is 9.25. The molecule has 1 aliphatic heterocycles. The van der Waals surface area contributed by atoms with Crippen molar-refractivity contribution >= 4 is 39.0 Å². The second-order valence-electron chi connectivity index (χ2n) is 4.28. The van der Waals surface area contributed by atoms with Crippen molar-refractivity contribution in [3.8, 4) is 5.75 Å². The van der Waals surface area contributed by atoms with Crippen LogP contribution >= 0.6 is 27.5 Å². The molecule has 0 aliphatic carbocycles. The number of benzene rings is 1. The van der Waals surface area contributed by atoms with Gasteiger partial charge in [-0.25, -0.2) is 4.98 Å². The minimum absolute atomic E-state index is 0.620. The van der Waals surface area contributed by atoms with Crippen LogP contribution < -0.4 is 9.64 Å². The molecule has 0 spiro atoms. The molecule has 0 atom stereocenters. The van der Waals surface area contributed by atoms with Crippen LogP contribution in [0.2, 0.25) is 5.02 Å². The third-order valence-electron chi connectivity index (χ3n) is 2.98. The first-order valence-electron chi connectivity index (χ1n) is 6.06. The van der Waals surface area contributed by atoms with E-state index < -0.39 is 0 Å². The van der Waals surface area contributed by atoms with Gasteiger partial charge in [0.25, 0.3) is 0 Å². The average Bonchev–Trinajstić information content (AvgIpc) is 2.61. The Balaban J connectivity index is 2.09. The first kappa shape index (κ1) is 12.8. The van der Waals surface area contributed by atoms with Gasteiger partial charge in [-0.05, 0) is 40.5 Å². The van der Waals surface area contributed by atoms with Crippen LogP contribution in [0.1, 0.15) is 6.42 Å². The third kappa shape index (κ3) is 2.55. The summed E-state index contributed by atoms with van der Waals surface area (Å²) in [6.07, 6.45) is 2.61. The van der Waals surface area contributed by atoms with E-state index in [0.717, 1.165) is 41.3 Å². The highest BCUT2D eigenvalue weighted by Crippen LogP contribution is 2.38. The first-order valence-corrected chi connectivity index (χ1v) is 7.23. The van der Waals surface area contributed by atoms with Gasteiger partial charge in [0.2, 0.25) is 0 Å². The number of pyridine rings is 1. The van der Waals surface area contributed by atoms with Crippen LogP contribution in [0.3, 0.4) is 0 Å². The number of rotatable bonds is 1. The lowest BCUT2D eigenvalue weighted by molar-refractivity contribution is 0.322. The Morgan fingerprint density at radius 1 is 1.32 bits per heavy atom. The summed E-state index contributed by atoms with van der Waals surface area (Å²) in [5.74, 6) is 1.76. The molecule has 0 saturated carbocycles. The number of hydrogen-bond donors (Lipinski definition) is 0. The van der Waals surface area contributed by atoms with Crippen LogP contribution in [-0.4, -0.2) is 18.1 Å². The number of hydrogen-bond acceptors (Lipinski definition) is 3. The standard InChI is InChI=1S/C14H12BrClN2O/c15-11-8-10(16)9-17-14(11)18-6-3-7-19-13-5-2-1-4-12(13)18/h1-2,4-5,8-9H,3,6-7H2. The summed E-state index contributed by atoms with van der Waals surface area (Å²) in [5.41, 5.74) is 1.04. The average molecular weight is 340 g/mol. The van der Waals surface area contributed by atoms with Crippen molar-refractivity contribution in [2.24, 2.45) is 0 Å². The number of para-hydroxylation sites is 2. The molecular formula is C14H12BrClN2O. The van der Waals surface area contributed by atoms with Crippen LogP contribution in [-0.2, 0) is 0 Å². The highest BCUT2D eigenvalue weighted by molar-refractivity contribution is 9.10. The molecule has 1 aliphatic rings. The van der Waals surface area contributed by atoms with Gasteiger partial charge in [-0.2, -0.15) is 0 Å². The monoisotopic (exact) mass is 338 g/mol. The zero-order valence-electron chi connectivity index (χ0n) is 10.1. The van der Waals surface area contributed by atoms with E-state index in [9.17, 15) is 0 Å². The van der Waals surface area contributed by atoms with Crippen molar-refractivity contribution in [2.75, 3.05) is 18.1 Å². The highest BCUT2D eigenvalue weighted by Gasteiger charge is 2.20. The number of aromatic nitrogens is 1. The summed E-state index contributed by atoms with van der Waals surface area (Å²) < 4.78 is 6.64. The van der Waals surface area contributed by atoms with Crippen molar-refractivity contribution in [3.05, 3.63) is 46.0 Å². The van der Waals surface area contributed by atoms with Gasteiger partial charge in [0.1, 0.15) is 11.6 Å². The van der Waals surface area contributed by atoms with Crippen molar-refractivity contribution in [2.45, 2.75) is 6.42 Å². The molecule has 0 bridgehead atoms.